The number of hydrogen-bond donors (Lipinski definition) is 0. The van der Waals surface area contributed by atoms with E-state index in [1.165, 1.54) is 23.1 Å². The highest BCUT2D eigenvalue weighted by atomic mass is 35.5. The third-order valence-electron chi connectivity index (χ3n) is 1.90. The van der Waals surface area contributed by atoms with Crippen molar-refractivity contribution in [3.8, 4) is 5.40 Å². The Morgan fingerprint density at radius 3 is 2.44 bits per heavy atom. The van der Waals surface area contributed by atoms with Gasteiger partial charge >= 0.3 is 0 Å². The van der Waals surface area contributed by atoms with E-state index < -0.39 is 0 Å². The predicted octanol–water partition coefficient (Wildman–Crippen LogP) is 6.17. The average molecular weight is 376 g/mol. The maximum atomic E-state index is 8.45. The van der Waals surface area contributed by atoms with Gasteiger partial charge in [0.25, 0.3) is 0 Å². The molecule has 0 spiro atoms. The second-order valence-electron chi connectivity index (χ2n) is 2.91. The molecule has 0 fully saturated rings. The summed E-state index contributed by atoms with van der Waals surface area (Å²) in [4.78, 5) is 4.35. The van der Waals surface area contributed by atoms with Crippen molar-refractivity contribution in [2.24, 2.45) is 0 Å². The first-order valence-corrected chi connectivity index (χ1v) is 8.62. The summed E-state index contributed by atoms with van der Waals surface area (Å²) >= 11 is 28.1. The van der Waals surface area contributed by atoms with Crippen LogP contribution in [0.25, 0.3) is 10.2 Å². The quantitative estimate of drug-likeness (QED) is 0.160. The number of nitrogens with zero attached hydrogens (tertiary/aromatic N) is 2. The molecule has 0 saturated carbocycles. The van der Waals surface area contributed by atoms with E-state index in [9.17, 15) is 0 Å². The van der Waals surface area contributed by atoms with Crippen LogP contribution in [-0.2, 0) is 0 Å². The lowest BCUT2D eigenvalue weighted by Crippen LogP contribution is -1.78. The second-order valence-corrected chi connectivity index (χ2v) is 7.77. The van der Waals surface area contributed by atoms with Crippen molar-refractivity contribution in [3.05, 3.63) is 20.1 Å². The van der Waals surface area contributed by atoms with E-state index in [0.717, 1.165) is 16.1 Å². The maximum absolute atomic E-state index is 8.45. The largest absolute Gasteiger partial charge is 0.228 e. The molecule has 0 aliphatic carbocycles. The van der Waals surface area contributed by atoms with Crippen LogP contribution in [0.3, 0.4) is 0 Å². The van der Waals surface area contributed by atoms with Gasteiger partial charge in [-0.3, -0.25) is 0 Å². The summed E-state index contributed by atoms with van der Waals surface area (Å²) in [5.74, 6) is 0. The first kappa shape index (κ1) is 14.9. The number of fused-ring (bicyclic) bond motifs is 1. The van der Waals surface area contributed by atoms with E-state index in [1.807, 2.05) is 5.40 Å². The number of rotatable bonds is 3. The zero-order valence-corrected chi connectivity index (χ0v) is 13.8. The van der Waals surface area contributed by atoms with Gasteiger partial charge in [0.15, 0.2) is 4.34 Å². The zero-order valence-electron chi connectivity index (χ0n) is 8.34. The predicted molar refractivity (Wildman–Crippen MR) is 83.6 cm³/mol. The molecular weight excluding hydrogens is 374 g/mol. The van der Waals surface area contributed by atoms with Gasteiger partial charge in [-0.15, -0.1) is 11.3 Å². The lowest BCUT2D eigenvalue weighted by molar-refractivity contribution is 1.31. The normalized spacial score (nSPS) is 10.8. The zero-order chi connectivity index (χ0) is 13.3. The highest BCUT2D eigenvalue weighted by molar-refractivity contribution is 8.18. The minimum absolute atomic E-state index is 0.212. The molecule has 1 aromatic heterocycles. The minimum Gasteiger partial charge on any atom is -0.228 e. The van der Waals surface area contributed by atoms with Crippen LogP contribution in [0.2, 0.25) is 20.1 Å². The Balaban J connectivity index is 2.48. The molecule has 0 unspecified atom stereocenters. The van der Waals surface area contributed by atoms with E-state index in [4.69, 9.17) is 51.7 Å². The Morgan fingerprint density at radius 1 is 1.11 bits per heavy atom. The van der Waals surface area contributed by atoms with Crippen LogP contribution < -0.4 is 0 Å². The van der Waals surface area contributed by atoms with Gasteiger partial charge in [0, 0.05) is 0 Å². The van der Waals surface area contributed by atoms with Gasteiger partial charge in [0.1, 0.15) is 10.9 Å². The van der Waals surface area contributed by atoms with Crippen molar-refractivity contribution < 1.29 is 0 Å². The number of hydrogen-bond acceptors (Lipinski definition) is 5. The highest BCUT2D eigenvalue weighted by Crippen LogP contribution is 2.46. The third kappa shape index (κ3) is 2.80. The number of aromatic nitrogens is 1. The average Bonchev–Trinajstić information content (AvgIpc) is 2.78. The van der Waals surface area contributed by atoms with E-state index in [0.29, 0.717) is 25.3 Å². The van der Waals surface area contributed by atoms with Crippen molar-refractivity contribution in [1.29, 1.82) is 5.26 Å². The Morgan fingerprint density at radius 2 is 1.78 bits per heavy atom. The lowest BCUT2D eigenvalue weighted by atomic mass is 10.3. The summed E-state index contributed by atoms with van der Waals surface area (Å²) in [5, 5.41) is 12.1. The van der Waals surface area contributed by atoms with Gasteiger partial charge in [0.05, 0.1) is 29.9 Å². The Bertz CT molecular complexity index is 605. The molecular formula is C9H2Cl4N2S3. The van der Waals surface area contributed by atoms with Crippen LogP contribution in [0.5, 0.6) is 0 Å². The van der Waals surface area contributed by atoms with Crippen molar-refractivity contribution in [2.45, 2.75) is 4.34 Å². The minimum atomic E-state index is 0.212. The van der Waals surface area contributed by atoms with Crippen molar-refractivity contribution in [2.75, 3.05) is 5.08 Å². The number of thioether (sulfide) groups is 2. The molecule has 0 aliphatic rings. The van der Waals surface area contributed by atoms with Gasteiger partial charge in [-0.2, -0.15) is 5.26 Å². The molecule has 0 saturated heterocycles. The van der Waals surface area contributed by atoms with E-state index >= 15 is 0 Å². The Hall–Kier alpha value is 0.460. The number of halogens is 4. The fourth-order valence-corrected chi connectivity index (χ4v) is 4.95. The van der Waals surface area contributed by atoms with Crippen LogP contribution in [-0.4, -0.2) is 10.1 Å². The SMILES string of the molecule is N#CSCSc1nc2c(Cl)c(Cl)c(Cl)c(Cl)c2s1. The van der Waals surface area contributed by atoms with Crippen molar-refractivity contribution >= 4 is 91.5 Å². The third-order valence-corrected chi connectivity index (χ3v) is 6.68. The van der Waals surface area contributed by atoms with Crippen molar-refractivity contribution in [3.63, 3.8) is 0 Å². The van der Waals surface area contributed by atoms with Crippen LogP contribution in [0, 0.1) is 10.7 Å². The second kappa shape index (κ2) is 6.27. The van der Waals surface area contributed by atoms with Gasteiger partial charge < -0.3 is 0 Å². The van der Waals surface area contributed by atoms with Gasteiger partial charge in [-0.1, -0.05) is 58.2 Å². The molecule has 9 heteroatoms. The fraction of sp³-hybridized carbons (Fsp3) is 0.111. The smallest absolute Gasteiger partial charge is 0.152 e. The molecule has 0 aliphatic heterocycles. The van der Waals surface area contributed by atoms with Crippen LogP contribution in [0.4, 0.5) is 0 Å². The van der Waals surface area contributed by atoms with Crippen molar-refractivity contribution in [1.82, 2.24) is 4.98 Å². The summed E-state index contributed by atoms with van der Waals surface area (Å²) in [6.07, 6.45) is 0. The fourth-order valence-electron chi connectivity index (χ4n) is 1.16. The number of nitriles is 1. The summed E-state index contributed by atoms with van der Waals surface area (Å²) in [5.41, 5.74) is 0.547. The summed E-state index contributed by atoms with van der Waals surface area (Å²) in [6, 6.07) is 0. The highest BCUT2D eigenvalue weighted by Gasteiger charge is 2.19. The molecule has 2 nitrogen and oxygen atoms in total. The van der Waals surface area contributed by atoms with E-state index in [1.54, 1.807) is 0 Å². The molecule has 0 N–H and O–H groups in total. The molecule has 0 amide bonds. The number of thiocyanates is 1. The molecule has 1 aromatic carbocycles. The molecule has 2 aromatic rings. The van der Waals surface area contributed by atoms with Crippen LogP contribution in [0.15, 0.2) is 4.34 Å². The van der Waals surface area contributed by atoms with E-state index in [2.05, 4.69) is 4.98 Å². The monoisotopic (exact) mass is 374 g/mol. The summed E-state index contributed by atoms with van der Waals surface area (Å²) < 4.78 is 1.48. The first-order valence-electron chi connectivity index (χ1n) is 4.32. The molecule has 0 radical (unpaired) electrons. The molecule has 0 bridgehead atoms. The van der Waals surface area contributed by atoms with Gasteiger partial charge in [-0.25, -0.2) is 4.98 Å². The maximum Gasteiger partial charge on any atom is 0.152 e. The number of thiazole rings is 1. The molecule has 2 rings (SSSR count). The van der Waals surface area contributed by atoms with Gasteiger partial charge in [-0.05, 0) is 11.8 Å². The van der Waals surface area contributed by atoms with Gasteiger partial charge in [0.2, 0.25) is 0 Å². The molecule has 18 heavy (non-hydrogen) atoms. The molecule has 94 valence electrons. The van der Waals surface area contributed by atoms with Crippen LogP contribution in [0.1, 0.15) is 0 Å². The Labute approximate surface area is 136 Å². The summed E-state index contributed by atoms with van der Waals surface area (Å²) in [6.45, 7) is 0. The standard InChI is InChI=1S/C9H2Cl4N2S3/c10-3-4(11)6(13)8-7(5(3)12)15-9(18-8)17-2-16-1-14/h2H2. The first-order chi connectivity index (χ1) is 8.56. The molecule has 0 atom stereocenters. The molecule has 1 heterocycles. The van der Waals surface area contributed by atoms with Crippen LogP contribution >= 0.6 is 81.3 Å². The number of benzene rings is 1. The Kier molecular flexibility index (Phi) is 5.18. The van der Waals surface area contributed by atoms with E-state index in [-0.39, 0.29) is 10.0 Å². The lowest BCUT2D eigenvalue weighted by Gasteiger charge is -2.02. The topological polar surface area (TPSA) is 36.7 Å². The summed E-state index contributed by atoms with van der Waals surface area (Å²) in [7, 11) is 0.